The van der Waals surface area contributed by atoms with Crippen LogP contribution in [0, 0.1) is 0 Å². The fourth-order valence-corrected chi connectivity index (χ4v) is 3.88. The van der Waals surface area contributed by atoms with Gasteiger partial charge in [0.15, 0.2) is 6.10 Å². The summed E-state index contributed by atoms with van der Waals surface area (Å²) in [6, 6.07) is 21.0. The molecule has 4 aromatic rings. The number of nitrogens with one attached hydrogen (secondary N) is 3. The number of aromatic nitrogens is 3. The first-order valence-electron chi connectivity index (χ1n) is 11.2. The number of carbonyl (C=O) groups excluding carboxylic acids is 2. The summed E-state index contributed by atoms with van der Waals surface area (Å²) >= 11 is 0. The van der Waals surface area contributed by atoms with Crippen molar-refractivity contribution in [3.63, 3.8) is 0 Å². The maximum atomic E-state index is 12.6. The van der Waals surface area contributed by atoms with Gasteiger partial charge in [0.1, 0.15) is 18.4 Å². The average Bonchev–Trinajstić information content (AvgIpc) is 3.37. The van der Waals surface area contributed by atoms with E-state index in [0.717, 1.165) is 22.3 Å². The minimum Gasteiger partial charge on any atom is -0.479 e. The van der Waals surface area contributed by atoms with Crippen molar-refractivity contribution in [1.82, 2.24) is 20.1 Å². The van der Waals surface area contributed by atoms with Gasteiger partial charge in [-0.2, -0.15) is 5.10 Å². The number of ether oxygens (including phenoxy) is 1. The summed E-state index contributed by atoms with van der Waals surface area (Å²) in [5.74, 6) is 0.353. The van der Waals surface area contributed by atoms with Crippen LogP contribution in [0.4, 0.5) is 16.2 Å². The Labute approximate surface area is 202 Å². The Morgan fingerprint density at radius 3 is 2.74 bits per heavy atom. The van der Waals surface area contributed by atoms with Crippen molar-refractivity contribution in [2.24, 2.45) is 0 Å². The quantitative estimate of drug-likeness (QED) is 0.396. The average molecular weight is 469 g/mol. The standard InChI is InChI=1S/C26H24N6O3/c1-17-25(33)31-23-12-21(10-11-24(23)35-17)30-26(34)28-13-20-4-2-3-5-22(20)19-8-6-18(7-9-19)14-32-16-27-15-29-32/h2-12,15-17H,13-14H2,1H3,(H,31,33)(H2,28,30,34). The molecule has 9 heteroatoms. The molecule has 0 fully saturated rings. The van der Waals surface area contributed by atoms with Crippen LogP contribution in [0.5, 0.6) is 5.75 Å². The first-order valence-corrected chi connectivity index (χ1v) is 11.2. The lowest BCUT2D eigenvalue weighted by Crippen LogP contribution is -2.34. The predicted molar refractivity (Wildman–Crippen MR) is 132 cm³/mol. The number of nitrogens with zero attached hydrogens (tertiary/aromatic N) is 3. The molecule has 0 radical (unpaired) electrons. The van der Waals surface area contributed by atoms with Gasteiger partial charge in [0.05, 0.1) is 12.2 Å². The fraction of sp³-hybridized carbons (Fsp3) is 0.154. The highest BCUT2D eigenvalue weighted by Gasteiger charge is 2.23. The SMILES string of the molecule is CC1Oc2ccc(NC(=O)NCc3ccccc3-c3ccc(Cn4cncn4)cc3)cc2NC1=O. The summed E-state index contributed by atoms with van der Waals surface area (Å²) in [6.45, 7) is 2.69. The zero-order valence-corrected chi connectivity index (χ0v) is 19.1. The van der Waals surface area contributed by atoms with Gasteiger partial charge in [0.25, 0.3) is 5.91 Å². The fourth-order valence-electron chi connectivity index (χ4n) is 3.88. The molecule has 1 aromatic heterocycles. The molecule has 1 unspecified atom stereocenters. The predicted octanol–water partition coefficient (Wildman–Crippen LogP) is 4.03. The van der Waals surface area contributed by atoms with Crippen molar-refractivity contribution in [3.8, 4) is 16.9 Å². The third-order valence-corrected chi connectivity index (χ3v) is 5.70. The summed E-state index contributed by atoms with van der Waals surface area (Å²) in [5.41, 5.74) is 5.30. The molecule has 3 aromatic carbocycles. The highest BCUT2D eigenvalue weighted by atomic mass is 16.5. The van der Waals surface area contributed by atoms with Gasteiger partial charge in [0.2, 0.25) is 0 Å². The minimum absolute atomic E-state index is 0.220. The van der Waals surface area contributed by atoms with E-state index in [2.05, 4.69) is 50.3 Å². The van der Waals surface area contributed by atoms with E-state index in [4.69, 9.17) is 4.74 Å². The van der Waals surface area contributed by atoms with Gasteiger partial charge in [-0.1, -0.05) is 48.5 Å². The van der Waals surface area contributed by atoms with Crippen LogP contribution in [0.15, 0.2) is 79.4 Å². The number of rotatable bonds is 6. The van der Waals surface area contributed by atoms with Gasteiger partial charge in [-0.25, -0.2) is 14.5 Å². The topological polar surface area (TPSA) is 110 Å². The Hall–Kier alpha value is -4.66. The maximum absolute atomic E-state index is 12.6. The van der Waals surface area contributed by atoms with Crippen LogP contribution < -0.4 is 20.7 Å². The van der Waals surface area contributed by atoms with E-state index >= 15 is 0 Å². The van der Waals surface area contributed by atoms with Crippen LogP contribution in [-0.2, 0) is 17.9 Å². The van der Waals surface area contributed by atoms with E-state index < -0.39 is 6.10 Å². The van der Waals surface area contributed by atoms with Gasteiger partial charge in [-0.3, -0.25) is 4.79 Å². The molecule has 0 spiro atoms. The lowest BCUT2D eigenvalue weighted by atomic mass is 9.98. The van der Waals surface area contributed by atoms with Crippen molar-refractivity contribution < 1.29 is 14.3 Å². The summed E-state index contributed by atoms with van der Waals surface area (Å²) in [7, 11) is 0. The van der Waals surface area contributed by atoms with Gasteiger partial charge in [0, 0.05) is 12.2 Å². The van der Waals surface area contributed by atoms with Crippen molar-refractivity contribution in [3.05, 3.63) is 90.5 Å². The zero-order valence-electron chi connectivity index (χ0n) is 19.1. The van der Waals surface area contributed by atoms with E-state index in [0.29, 0.717) is 30.2 Å². The Morgan fingerprint density at radius 1 is 1.11 bits per heavy atom. The van der Waals surface area contributed by atoms with Crippen molar-refractivity contribution in [1.29, 1.82) is 0 Å². The van der Waals surface area contributed by atoms with Crippen LogP contribution in [0.1, 0.15) is 18.1 Å². The number of hydrogen-bond donors (Lipinski definition) is 3. The highest BCUT2D eigenvalue weighted by Crippen LogP contribution is 2.32. The van der Waals surface area contributed by atoms with Crippen molar-refractivity contribution in [2.45, 2.75) is 26.1 Å². The van der Waals surface area contributed by atoms with Crippen LogP contribution >= 0.6 is 0 Å². The molecule has 2 heterocycles. The first-order chi connectivity index (χ1) is 17.0. The summed E-state index contributed by atoms with van der Waals surface area (Å²) in [6.07, 6.45) is 2.66. The molecule has 1 aliphatic rings. The van der Waals surface area contributed by atoms with Crippen LogP contribution in [0.2, 0.25) is 0 Å². The first kappa shape index (κ1) is 22.1. The molecule has 0 bridgehead atoms. The number of amides is 3. The number of hydrogen-bond acceptors (Lipinski definition) is 5. The molecule has 5 rings (SSSR count). The normalized spacial score (nSPS) is 14.4. The number of anilines is 2. The second-order valence-corrected chi connectivity index (χ2v) is 8.22. The van der Waals surface area contributed by atoms with E-state index in [1.54, 1.807) is 36.1 Å². The van der Waals surface area contributed by atoms with Gasteiger partial charge >= 0.3 is 6.03 Å². The molecule has 0 saturated carbocycles. The third-order valence-electron chi connectivity index (χ3n) is 5.70. The van der Waals surface area contributed by atoms with Crippen LogP contribution in [0.3, 0.4) is 0 Å². The van der Waals surface area contributed by atoms with Gasteiger partial charge < -0.3 is 20.7 Å². The molecule has 176 valence electrons. The monoisotopic (exact) mass is 468 g/mol. The Balaban J connectivity index is 1.23. The van der Waals surface area contributed by atoms with Crippen LogP contribution in [-0.4, -0.2) is 32.8 Å². The number of urea groups is 1. The molecule has 3 N–H and O–H groups in total. The van der Waals surface area contributed by atoms with E-state index in [9.17, 15) is 9.59 Å². The van der Waals surface area contributed by atoms with E-state index in [1.165, 1.54) is 6.33 Å². The smallest absolute Gasteiger partial charge is 0.319 e. The molecule has 1 aliphatic heterocycles. The maximum Gasteiger partial charge on any atom is 0.319 e. The molecule has 3 amide bonds. The Bertz CT molecular complexity index is 1350. The molecule has 0 aliphatic carbocycles. The minimum atomic E-state index is -0.547. The van der Waals surface area contributed by atoms with Crippen LogP contribution in [0.25, 0.3) is 11.1 Å². The molecule has 9 nitrogen and oxygen atoms in total. The van der Waals surface area contributed by atoms with E-state index in [1.807, 2.05) is 24.3 Å². The lowest BCUT2D eigenvalue weighted by molar-refractivity contribution is -0.122. The van der Waals surface area contributed by atoms with Crippen molar-refractivity contribution >= 4 is 23.3 Å². The molecule has 1 atom stereocenters. The second-order valence-electron chi connectivity index (χ2n) is 8.22. The Kier molecular flexibility index (Phi) is 6.13. The highest BCUT2D eigenvalue weighted by molar-refractivity contribution is 5.99. The van der Waals surface area contributed by atoms with E-state index in [-0.39, 0.29) is 11.9 Å². The molecular formula is C26H24N6O3. The third kappa shape index (κ3) is 5.14. The number of benzene rings is 3. The zero-order chi connectivity index (χ0) is 24.2. The van der Waals surface area contributed by atoms with Gasteiger partial charge in [-0.15, -0.1) is 0 Å². The summed E-state index contributed by atoms with van der Waals surface area (Å²) in [4.78, 5) is 28.4. The summed E-state index contributed by atoms with van der Waals surface area (Å²) < 4.78 is 7.32. The van der Waals surface area contributed by atoms with Crippen molar-refractivity contribution in [2.75, 3.05) is 10.6 Å². The largest absolute Gasteiger partial charge is 0.479 e. The molecule has 0 saturated heterocycles. The number of carbonyl (C=O) groups is 2. The molecule has 35 heavy (non-hydrogen) atoms. The Morgan fingerprint density at radius 2 is 1.94 bits per heavy atom. The second kappa shape index (κ2) is 9.68. The lowest BCUT2D eigenvalue weighted by Gasteiger charge is -2.23. The molecular weight excluding hydrogens is 444 g/mol. The summed E-state index contributed by atoms with van der Waals surface area (Å²) in [5, 5.41) is 12.6. The number of fused-ring (bicyclic) bond motifs is 1. The van der Waals surface area contributed by atoms with Gasteiger partial charge in [-0.05, 0) is 47.4 Å².